The smallest absolute Gasteiger partial charge is 0.223 e. The van der Waals surface area contributed by atoms with Crippen molar-refractivity contribution in [3.05, 3.63) is 72.0 Å². The van der Waals surface area contributed by atoms with Crippen molar-refractivity contribution in [3.8, 4) is 0 Å². The molecular weight excluding hydrogens is 373 g/mol. The Labute approximate surface area is 153 Å². The molecule has 0 bridgehead atoms. The number of pyridine rings is 1. The summed E-state index contributed by atoms with van der Waals surface area (Å²) in [7, 11) is -3.88. The van der Waals surface area contributed by atoms with E-state index in [4.69, 9.17) is 0 Å². The monoisotopic (exact) mass is 385 g/mol. The molecule has 0 aliphatic rings. The van der Waals surface area contributed by atoms with Gasteiger partial charge < -0.3 is 5.32 Å². The largest absolute Gasteiger partial charge is 0.316 e. The predicted molar refractivity (Wildman–Crippen MR) is 99.0 cm³/mol. The molecule has 0 saturated carbocycles. The van der Waals surface area contributed by atoms with Gasteiger partial charge in [-0.05, 0) is 35.7 Å². The van der Waals surface area contributed by atoms with Crippen molar-refractivity contribution in [1.29, 1.82) is 0 Å². The number of anilines is 2. The van der Waals surface area contributed by atoms with Gasteiger partial charge >= 0.3 is 0 Å². The van der Waals surface area contributed by atoms with Gasteiger partial charge in [-0.1, -0.05) is 24.3 Å². The van der Waals surface area contributed by atoms with E-state index in [9.17, 15) is 12.8 Å². The number of nitrogens with one attached hydrogen (secondary N) is 1. The average molecular weight is 385 g/mol. The van der Waals surface area contributed by atoms with E-state index in [1.165, 1.54) is 29.5 Å². The van der Waals surface area contributed by atoms with Crippen LogP contribution >= 0.6 is 11.3 Å². The lowest BCUT2D eigenvalue weighted by atomic mass is 10.1. The molecule has 0 atom stereocenters. The minimum Gasteiger partial charge on any atom is -0.316 e. The zero-order valence-corrected chi connectivity index (χ0v) is 14.9. The maximum Gasteiger partial charge on any atom is 0.223 e. The minimum absolute atomic E-state index is 0.0121. The number of aromatic nitrogens is 2. The molecule has 8 heteroatoms. The topological polar surface area (TPSA) is 72.0 Å². The number of hydrogen-bond acceptors (Lipinski definition) is 6. The van der Waals surface area contributed by atoms with Gasteiger partial charge in [-0.3, -0.25) is 0 Å². The maximum atomic E-state index is 13.1. The number of fused-ring (bicyclic) bond motifs is 1. The van der Waals surface area contributed by atoms with Crippen LogP contribution in [0, 0.1) is 5.82 Å². The number of nitrogens with zero attached hydrogens (tertiary/aromatic N) is 2. The van der Waals surface area contributed by atoms with Crippen LogP contribution in [0.15, 0.2) is 76.1 Å². The first kappa shape index (κ1) is 16.6. The molecule has 0 spiro atoms. The van der Waals surface area contributed by atoms with Gasteiger partial charge in [0.2, 0.25) is 9.84 Å². The highest BCUT2D eigenvalue weighted by Gasteiger charge is 2.21. The Kier molecular flexibility index (Phi) is 4.14. The second-order valence-electron chi connectivity index (χ2n) is 5.45. The number of halogens is 1. The summed E-state index contributed by atoms with van der Waals surface area (Å²) in [5.74, 6) is -0.0970. The lowest BCUT2D eigenvalue weighted by Gasteiger charge is -2.10. The van der Waals surface area contributed by atoms with Gasteiger partial charge in [0.05, 0.1) is 4.90 Å². The first-order valence-electron chi connectivity index (χ1n) is 7.61. The highest BCUT2D eigenvalue weighted by molar-refractivity contribution is 7.91. The summed E-state index contributed by atoms with van der Waals surface area (Å²) in [6, 6.07) is 13.5. The fourth-order valence-electron chi connectivity index (χ4n) is 2.53. The van der Waals surface area contributed by atoms with Crippen molar-refractivity contribution in [3.63, 3.8) is 0 Å². The van der Waals surface area contributed by atoms with E-state index in [0.717, 1.165) is 22.9 Å². The van der Waals surface area contributed by atoms with Gasteiger partial charge in [-0.2, -0.15) is 0 Å². The quantitative estimate of drug-likeness (QED) is 0.527. The average Bonchev–Trinajstić information content (AvgIpc) is 3.15. The molecule has 4 aromatic rings. The normalized spacial score (nSPS) is 11.6. The molecule has 2 aromatic heterocycles. The van der Waals surface area contributed by atoms with Crippen molar-refractivity contribution < 1.29 is 12.8 Å². The van der Waals surface area contributed by atoms with E-state index >= 15 is 0 Å². The van der Waals surface area contributed by atoms with Crippen LogP contribution in [0.4, 0.5) is 15.3 Å². The van der Waals surface area contributed by atoms with Crippen LogP contribution in [-0.4, -0.2) is 18.4 Å². The second kappa shape index (κ2) is 6.47. The zero-order chi connectivity index (χ0) is 18.1. The highest BCUT2D eigenvalue weighted by Crippen LogP contribution is 2.30. The lowest BCUT2D eigenvalue weighted by Crippen LogP contribution is -2.07. The van der Waals surface area contributed by atoms with Gasteiger partial charge in [-0.25, -0.2) is 22.8 Å². The third kappa shape index (κ3) is 3.04. The van der Waals surface area contributed by atoms with Crippen LogP contribution in [0.2, 0.25) is 0 Å². The van der Waals surface area contributed by atoms with Crippen molar-refractivity contribution in [2.24, 2.45) is 0 Å². The van der Waals surface area contributed by atoms with Crippen LogP contribution in [0.25, 0.3) is 10.8 Å². The van der Waals surface area contributed by atoms with Crippen LogP contribution in [0.1, 0.15) is 0 Å². The number of sulfone groups is 1. The summed E-state index contributed by atoms with van der Waals surface area (Å²) in [6.45, 7) is 0. The Balaban J connectivity index is 1.89. The molecule has 0 aliphatic carbocycles. The summed E-state index contributed by atoms with van der Waals surface area (Å²) in [6.07, 6.45) is 1.65. The number of rotatable bonds is 4. The molecule has 2 heterocycles. The van der Waals surface area contributed by atoms with E-state index < -0.39 is 15.7 Å². The standard InChI is InChI=1S/C18H12FN3O2S2/c19-13-5-7-14(8-6-13)26(23,24)16-11-12-3-1-2-4-15(12)17(21-16)22-18-20-9-10-25-18/h1-11H,(H,20,21,22). The van der Waals surface area contributed by atoms with Crippen LogP contribution < -0.4 is 5.32 Å². The molecule has 26 heavy (non-hydrogen) atoms. The molecule has 0 amide bonds. The van der Waals surface area contributed by atoms with E-state index in [1.54, 1.807) is 6.20 Å². The number of thiazole rings is 1. The number of hydrogen-bond donors (Lipinski definition) is 1. The fraction of sp³-hybridized carbons (Fsp3) is 0. The van der Waals surface area contributed by atoms with Crippen molar-refractivity contribution >= 4 is 42.9 Å². The third-order valence-corrected chi connectivity index (χ3v) is 6.11. The Morgan fingerprint density at radius 3 is 2.54 bits per heavy atom. The maximum absolute atomic E-state index is 13.1. The van der Waals surface area contributed by atoms with Crippen molar-refractivity contribution in [1.82, 2.24) is 9.97 Å². The molecule has 0 radical (unpaired) electrons. The van der Waals surface area contributed by atoms with E-state index in [1.807, 2.05) is 29.6 Å². The molecule has 5 nitrogen and oxygen atoms in total. The Morgan fingerprint density at radius 1 is 1.04 bits per heavy atom. The van der Waals surface area contributed by atoms with Crippen LogP contribution in [0.3, 0.4) is 0 Å². The molecular formula is C18H12FN3O2S2. The van der Waals surface area contributed by atoms with Gasteiger partial charge in [-0.15, -0.1) is 11.3 Å². The molecule has 0 fully saturated rings. The van der Waals surface area contributed by atoms with Gasteiger partial charge in [0.1, 0.15) is 11.6 Å². The zero-order valence-electron chi connectivity index (χ0n) is 13.3. The first-order chi connectivity index (χ1) is 12.5. The summed E-state index contributed by atoms with van der Waals surface area (Å²) in [4.78, 5) is 8.46. The van der Waals surface area contributed by atoms with E-state index in [2.05, 4.69) is 15.3 Å². The molecule has 1 N–H and O–H groups in total. The fourth-order valence-corrected chi connectivity index (χ4v) is 4.29. The number of benzene rings is 2. The van der Waals surface area contributed by atoms with Gasteiger partial charge in [0, 0.05) is 17.0 Å². The van der Waals surface area contributed by atoms with Crippen LogP contribution in [0.5, 0.6) is 0 Å². The van der Waals surface area contributed by atoms with Crippen molar-refractivity contribution in [2.75, 3.05) is 5.32 Å². The molecule has 130 valence electrons. The molecule has 0 saturated heterocycles. The first-order valence-corrected chi connectivity index (χ1v) is 9.97. The summed E-state index contributed by atoms with van der Waals surface area (Å²) >= 11 is 1.38. The molecule has 4 rings (SSSR count). The molecule has 0 aliphatic heterocycles. The third-order valence-electron chi connectivity index (χ3n) is 3.77. The SMILES string of the molecule is O=S(=O)(c1ccc(F)cc1)c1cc2ccccc2c(Nc2nccs2)n1. The summed E-state index contributed by atoms with van der Waals surface area (Å²) in [5.41, 5.74) is 0. The van der Waals surface area contributed by atoms with E-state index in [0.29, 0.717) is 10.9 Å². The summed E-state index contributed by atoms with van der Waals surface area (Å²) < 4.78 is 39.0. The summed E-state index contributed by atoms with van der Waals surface area (Å²) in [5, 5.41) is 6.88. The highest BCUT2D eigenvalue weighted by atomic mass is 32.2. The van der Waals surface area contributed by atoms with Crippen molar-refractivity contribution in [2.45, 2.75) is 9.92 Å². The molecule has 2 aromatic carbocycles. The Bertz CT molecular complexity index is 1180. The Morgan fingerprint density at radius 2 is 1.81 bits per heavy atom. The Hall–Kier alpha value is -2.84. The predicted octanol–water partition coefficient (Wildman–Crippen LogP) is 4.41. The molecule has 0 unspecified atom stereocenters. The van der Waals surface area contributed by atoms with Gasteiger partial charge in [0.15, 0.2) is 10.2 Å². The minimum atomic E-state index is -3.88. The van der Waals surface area contributed by atoms with Gasteiger partial charge in [0.25, 0.3) is 0 Å². The lowest BCUT2D eigenvalue weighted by molar-refractivity contribution is 0.591. The second-order valence-corrected chi connectivity index (χ2v) is 8.24. The van der Waals surface area contributed by atoms with Crippen LogP contribution in [-0.2, 0) is 9.84 Å². The van der Waals surface area contributed by atoms with E-state index in [-0.39, 0.29) is 9.92 Å².